The topological polar surface area (TPSA) is 57.5 Å². The van der Waals surface area contributed by atoms with E-state index in [4.69, 9.17) is 0 Å². The Balaban J connectivity index is 1.51. The summed E-state index contributed by atoms with van der Waals surface area (Å²) in [5.74, 6) is 0.802. The van der Waals surface area contributed by atoms with Crippen LogP contribution in [0.3, 0.4) is 0 Å². The van der Waals surface area contributed by atoms with E-state index in [2.05, 4.69) is 63.9 Å². The van der Waals surface area contributed by atoms with Crippen molar-refractivity contribution in [1.82, 2.24) is 20.4 Å². The first-order valence-corrected chi connectivity index (χ1v) is 10.7. The van der Waals surface area contributed by atoms with E-state index in [1.165, 1.54) is 54.6 Å². The largest absolute Gasteiger partial charge is 0.372 e. The molecule has 0 atom stereocenters. The summed E-state index contributed by atoms with van der Waals surface area (Å²) in [5.41, 5.74) is 6.03. The molecule has 0 radical (unpaired) electrons. The van der Waals surface area contributed by atoms with Gasteiger partial charge in [0.1, 0.15) is 0 Å². The molecular weight excluding hydrogens is 360 g/mol. The van der Waals surface area contributed by atoms with Gasteiger partial charge in [0.15, 0.2) is 5.96 Å². The molecule has 1 aliphatic carbocycles. The molecule has 2 N–H and O–H groups in total. The first kappa shape index (κ1) is 21.2. The summed E-state index contributed by atoms with van der Waals surface area (Å²) in [4.78, 5) is 6.80. The fourth-order valence-electron chi connectivity index (χ4n) is 4.18. The molecular formula is C23H36N6. The molecule has 6 nitrogen and oxygen atoms in total. The van der Waals surface area contributed by atoms with Crippen molar-refractivity contribution in [2.24, 2.45) is 12.0 Å². The molecule has 0 aliphatic heterocycles. The summed E-state index contributed by atoms with van der Waals surface area (Å²) in [5, 5.41) is 11.3. The highest BCUT2D eigenvalue weighted by molar-refractivity contribution is 5.79. The summed E-state index contributed by atoms with van der Waals surface area (Å²) in [6.07, 6.45) is 6.75. The second kappa shape index (κ2) is 9.81. The number of nitrogens with one attached hydrogen (secondary N) is 2. The lowest BCUT2D eigenvalue weighted by molar-refractivity contribution is 0.427. The fraction of sp³-hybridized carbons (Fsp3) is 0.565. The van der Waals surface area contributed by atoms with Crippen LogP contribution < -0.4 is 15.5 Å². The molecule has 1 fully saturated rings. The molecule has 3 rings (SSSR count). The Kier molecular flexibility index (Phi) is 7.18. The minimum absolute atomic E-state index is 0.690. The smallest absolute Gasteiger partial charge is 0.191 e. The molecule has 1 saturated carbocycles. The minimum atomic E-state index is 0.690. The summed E-state index contributed by atoms with van der Waals surface area (Å²) < 4.78 is 1.93. The number of aromatic nitrogens is 2. The van der Waals surface area contributed by atoms with E-state index in [-0.39, 0.29) is 0 Å². The monoisotopic (exact) mass is 396 g/mol. The number of guanidine groups is 1. The highest BCUT2D eigenvalue weighted by Gasteiger charge is 2.18. The number of benzene rings is 1. The average molecular weight is 397 g/mol. The number of nitrogens with zero attached hydrogens (tertiary/aromatic N) is 4. The lowest BCUT2D eigenvalue weighted by Crippen LogP contribution is -2.36. The van der Waals surface area contributed by atoms with Crippen LogP contribution in [0, 0.1) is 13.8 Å². The van der Waals surface area contributed by atoms with Gasteiger partial charge in [-0.05, 0) is 44.4 Å². The van der Waals surface area contributed by atoms with Crippen molar-refractivity contribution >= 4 is 11.6 Å². The van der Waals surface area contributed by atoms with Crippen LogP contribution in [0.25, 0.3) is 0 Å². The van der Waals surface area contributed by atoms with Gasteiger partial charge in [-0.1, -0.05) is 31.4 Å². The lowest BCUT2D eigenvalue weighted by atomic mass is 9.94. The van der Waals surface area contributed by atoms with Crippen molar-refractivity contribution in [2.45, 2.75) is 65.1 Å². The van der Waals surface area contributed by atoms with E-state index in [0.717, 1.165) is 24.7 Å². The molecule has 0 amide bonds. The van der Waals surface area contributed by atoms with Gasteiger partial charge in [0.2, 0.25) is 0 Å². The Hall–Kier alpha value is -2.50. The van der Waals surface area contributed by atoms with Crippen LogP contribution in [0.5, 0.6) is 0 Å². The summed E-state index contributed by atoms with van der Waals surface area (Å²) in [7, 11) is 6.02. The van der Waals surface area contributed by atoms with Crippen molar-refractivity contribution in [2.75, 3.05) is 19.0 Å². The Morgan fingerprint density at radius 1 is 1.10 bits per heavy atom. The van der Waals surface area contributed by atoms with Crippen molar-refractivity contribution in [1.29, 1.82) is 0 Å². The van der Waals surface area contributed by atoms with Crippen LogP contribution >= 0.6 is 0 Å². The van der Waals surface area contributed by atoms with Crippen molar-refractivity contribution in [3.05, 3.63) is 46.8 Å². The molecule has 6 heteroatoms. The van der Waals surface area contributed by atoms with E-state index in [1.54, 1.807) is 7.05 Å². The number of hydrogen-bond donors (Lipinski definition) is 2. The maximum Gasteiger partial charge on any atom is 0.191 e. The van der Waals surface area contributed by atoms with Crippen molar-refractivity contribution in [3.8, 4) is 0 Å². The van der Waals surface area contributed by atoms with Gasteiger partial charge < -0.3 is 15.5 Å². The zero-order valence-electron chi connectivity index (χ0n) is 18.6. The molecule has 2 aromatic rings. The molecule has 1 aromatic carbocycles. The second-order valence-electron chi connectivity index (χ2n) is 8.12. The molecule has 158 valence electrons. The van der Waals surface area contributed by atoms with Crippen LogP contribution in [0.2, 0.25) is 0 Å². The summed E-state index contributed by atoms with van der Waals surface area (Å²) in [6.45, 7) is 5.61. The molecule has 29 heavy (non-hydrogen) atoms. The normalized spacial score (nSPS) is 15.4. The van der Waals surface area contributed by atoms with Crippen LogP contribution in [0.15, 0.2) is 29.3 Å². The summed E-state index contributed by atoms with van der Waals surface area (Å²) >= 11 is 0. The standard InChI is InChI=1S/C23H36N6/c1-17-22(18(2)29(5)27-17)16-26-23(24-3)25-15-19-11-13-21(14-12-19)28(4)20-9-7-6-8-10-20/h11-14,20H,6-10,15-16H2,1-5H3,(H2,24,25,26). The molecule has 0 saturated heterocycles. The van der Waals surface area contributed by atoms with Gasteiger partial charge in [0.25, 0.3) is 0 Å². The van der Waals surface area contributed by atoms with Crippen LogP contribution in [0.1, 0.15) is 54.6 Å². The van der Waals surface area contributed by atoms with Gasteiger partial charge >= 0.3 is 0 Å². The molecule has 0 spiro atoms. The third-order valence-corrected chi connectivity index (χ3v) is 6.24. The van der Waals surface area contributed by atoms with E-state index in [9.17, 15) is 0 Å². The van der Waals surface area contributed by atoms with Crippen LogP contribution in [-0.4, -0.2) is 35.9 Å². The van der Waals surface area contributed by atoms with Gasteiger partial charge in [-0.15, -0.1) is 0 Å². The average Bonchev–Trinajstić information content (AvgIpc) is 3.00. The number of hydrogen-bond acceptors (Lipinski definition) is 3. The minimum Gasteiger partial charge on any atom is -0.372 e. The third-order valence-electron chi connectivity index (χ3n) is 6.24. The molecule has 0 bridgehead atoms. The van der Waals surface area contributed by atoms with Gasteiger partial charge in [-0.3, -0.25) is 9.67 Å². The SMILES string of the molecule is CN=C(NCc1ccc(N(C)C2CCCCC2)cc1)NCc1c(C)nn(C)c1C. The fourth-order valence-corrected chi connectivity index (χ4v) is 4.18. The third kappa shape index (κ3) is 5.31. The zero-order valence-corrected chi connectivity index (χ0v) is 18.6. The first-order chi connectivity index (χ1) is 14.0. The number of rotatable bonds is 6. The van der Waals surface area contributed by atoms with Crippen molar-refractivity contribution < 1.29 is 0 Å². The van der Waals surface area contributed by atoms with E-state index >= 15 is 0 Å². The Morgan fingerprint density at radius 3 is 2.34 bits per heavy atom. The maximum absolute atomic E-state index is 4.48. The molecule has 1 heterocycles. The molecule has 0 unspecified atom stereocenters. The van der Waals surface area contributed by atoms with Crippen LogP contribution in [0.4, 0.5) is 5.69 Å². The predicted octanol–water partition coefficient (Wildman–Crippen LogP) is 3.67. The van der Waals surface area contributed by atoms with Gasteiger partial charge in [0, 0.05) is 57.2 Å². The van der Waals surface area contributed by atoms with E-state index in [0.29, 0.717) is 6.04 Å². The zero-order chi connectivity index (χ0) is 20.8. The Bertz CT molecular complexity index is 815. The van der Waals surface area contributed by atoms with Crippen molar-refractivity contribution in [3.63, 3.8) is 0 Å². The number of aliphatic imine (C=N–C) groups is 1. The predicted molar refractivity (Wildman–Crippen MR) is 121 cm³/mol. The summed E-state index contributed by atoms with van der Waals surface area (Å²) in [6, 6.07) is 9.60. The second-order valence-corrected chi connectivity index (χ2v) is 8.12. The van der Waals surface area contributed by atoms with Gasteiger partial charge in [-0.25, -0.2) is 0 Å². The first-order valence-electron chi connectivity index (χ1n) is 10.7. The quantitative estimate of drug-likeness (QED) is 0.578. The maximum atomic E-state index is 4.48. The van der Waals surface area contributed by atoms with E-state index in [1.807, 2.05) is 18.7 Å². The Labute approximate surface area is 175 Å². The Morgan fingerprint density at radius 2 is 1.76 bits per heavy atom. The number of aryl methyl sites for hydroxylation is 2. The highest BCUT2D eigenvalue weighted by Crippen LogP contribution is 2.26. The van der Waals surface area contributed by atoms with Gasteiger partial charge in [-0.2, -0.15) is 5.10 Å². The lowest BCUT2D eigenvalue weighted by Gasteiger charge is -2.33. The molecule has 1 aromatic heterocycles. The highest BCUT2D eigenvalue weighted by atomic mass is 15.3. The van der Waals surface area contributed by atoms with Crippen LogP contribution in [-0.2, 0) is 20.1 Å². The molecule has 1 aliphatic rings. The van der Waals surface area contributed by atoms with Gasteiger partial charge in [0.05, 0.1) is 5.69 Å². The van der Waals surface area contributed by atoms with E-state index < -0.39 is 0 Å². The number of anilines is 1.